The second-order valence-corrected chi connectivity index (χ2v) is 7.31. The van der Waals surface area contributed by atoms with Gasteiger partial charge in [-0.25, -0.2) is 0 Å². The molecular formula is C21H22N2OS. The van der Waals surface area contributed by atoms with Gasteiger partial charge in [-0.05, 0) is 43.8 Å². The molecule has 0 bridgehead atoms. The fourth-order valence-electron chi connectivity index (χ4n) is 3.83. The van der Waals surface area contributed by atoms with Crippen LogP contribution in [0.1, 0.15) is 42.0 Å². The summed E-state index contributed by atoms with van der Waals surface area (Å²) in [5, 5.41) is 4.31. The molecule has 0 aliphatic heterocycles. The van der Waals surface area contributed by atoms with Crippen molar-refractivity contribution in [1.29, 1.82) is 0 Å². The summed E-state index contributed by atoms with van der Waals surface area (Å²) in [7, 11) is 0. The summed E-state index contributed by atoms with van der Waals surface area (Å²) < 4.78 is 4.43. The van der Waals surface area contributed by atoms with Crippen molar-refractivity contribution in [3.05, 3.63) is 58.7 Å². The smallest absolute Gasteiger partial charge is 0.211 e. The zero-order chi connectivity index (χ0) is 17.6. The maximum atomic E-state index is 13.5. The molecule has 4 aromatic rings. The van der Waals surface area contributed by atoms with E-state index < -0.39 is 0 Å². The average molecular weight is 350 g/mol. The number of carbonyl (C=O) groups excluding carboxylic acids is 1. The van der Waals surface area contributed by atoms with E-state index in [0.717, 1.165) is 52.8 Å². The lowest BCUT2D eigenvalue weighted by molar-refractivity contribution is 0.103. The first-order chi connectivity index (χ1) is 12.2. The highest BCUT2D eigenvalue weighted by Crippen LogP contribution is 2.31. The van der Waals surface area contributed by atoms with Gasteiger partial charge in [-0.2, -0.15) is 0 Å². The second kappa shape index (κ2) is 6.19. The van der Waals surface area contributed by atoms with Crippen molar-refractivity contribution >= 4 is 38.2 Å². The number of nitrogens with zero attached hydrogens (tertiary/aromatic N) is 2. The Kier molecular flexibility index (Phi) is 4.00. The highest BCUT2D eigenvalue weighted by Gasteiger charge is 2.24. The molecule has 0 aliphatic carbocycles. The maximum Gasteiger partial charge on any atom is 0.211 e. The third-order valence-corrected chi connectivity index (χ3v) is 5.91. The zero-order valence-corrected chi connectivity index (χ0v) is 15.7. The summed E-state index contributed by atoms with van der Waals surface area (Å²) >= 11 is 1.70. The number of para-hydroxylation sites is 1. The Morgan fingerprint density at radius 2 is 1.92 bits per heavy atom. The van der Waals surface area contributed by atoms with Crippen LogP contribution in [0.15, 0.2) is 41.8 Å². The van der Waals surface area contributed by atoms with Gasteiger partial charge in [0.1, 0.15) is 4.83 Å². The van der Waals surface area contributed by atoms with Crippen LogP contribution in [0.4, 0.5) is 0 Å². The van der Waals surface area contributed by atoms with Crippen LogP contribution in [0.25, 0.3) is 21.1 Å². The van der Waals surface area contributed by atoms with Crippen LogP contribution >= 0.6 is 11.3 Å². The molecule has 0 atom stereocenters. The van der Waals surface area contributed by atoms with Crippen molar-refractivity contribution < 1.29 is 4.79 Å². The lowest BCUT2D eigenvalue weighted by Gasteiger charge is -2.08. The van der Waals surface area contributed by atoms with Crippen molar-refractivity contribution in [2.75, 3.05) is 0 Å². The summed E-state index contributed by atoms with van der Waals surface area (Å²) in [6.45, 7) is 8.08. The largest absolute Gasteiger partial charge is 0.344 e. The van der Waals surface area contributed by atoms with Gasteiger partial charge in [-0.3, -0.25) is 4.79 Å². The minimum absolute atomic E-state index is 0.133. The van der Waals surface area contributed by atoms with E-state index >= 15 is 0 Å². The van der Waals surface area contributed by atoms with Crippen LogP contribution in [0.2, 0.25) is 0 Å². The standard InChI is InChI=1S/C21H22N2OS/c1-4-11-23-14(3)19(16-8-6-7-9-17(16)23)20(24)18-13-15-10-12-25-21(15)22(18)5-2/h6-10,12-13H,4-5,11H2,1-3H3. The predicted molar refractivity (Wildman–Crippen MR) is 106 cm³/mol. The van der Waals surface area contributed by atoms with Gasteiger partial charge in [0.25, 0.3) is 0 Å². The number of hydrogen-bond acceptors (Lipinski definition) is 2. The third-order valence-electron chi connectivity index (χ3n) is 4.96. The Bertz CT molecular complexity index is 1080. The first kappa shape index (κ1) is 16.2. The van der Waals surface area contributed by atoms with Gasteiger partial charge in [0.2, 0.25) is 5.78 Å². The molecule has 3 aromatic heterocycles. The molecule has 4 rings (SSSR count). The van der Waals surface area contributed by atoms with Crippen LogP contribution in [0, 0.1) is 6.92 Å². The molecule has 0 N–H and O–H groups in total. The van der Waals surface area contributed by atoms with Crippen LogP contribution in [-0.4, -0.2) is 14.9 Å². The molecule has 4 heteroatoms. The Hall–Kier alpha value is -2.33. The summed E-state index contributed by atoms with van der Waals surface area (Å²) in [5.74, 6) is 0.133. The highest BCUT2D eigenvalue weighted by molar-refractivity contribution is 7.16. The van der Waals surface area contributed by atoms with E-state index in [1.54, 1.807) is 11.3 Å². The SMILES string of the molecule is CCCn1c(C)c(C(=O)c2cc3ccsc3n2CC)c2ccccc21. The monoisotopic (exact) mass is 350 g/mol. The van der Waals surface area contributed by atoms with E-state index in [9.17, 15) is 4.79 Å². The number of thiophene rings is 1. The fraction of sp³-hybridized carbons (Fsp3) is 0.286. The lowest BCUT2D eigenvalue weighted by Crippen LogP contribution is -2.10. The van der Waals surface area contributed by atoms with E-state index in [0.29, 0.717) is 0 Å². The summed E-state index contributed by atoms with van der Waals surface area (Å²) in [5.41, 5.74) is 3.87. The second-order valence-electron chi connectivity index (χ2n) is 6.41. The van der Waals surface area contributed by atoms with E-state index in [2.05, 4.69) is 53.5 Å². The Morgan fingerprint density at radius 3 is 2.68 bits per heavy atom. The molecule has 128 valence electrons. The Balaban J connectivity index is 1.96. The van der Waals surface area contributed by atoms with Crippen LogP contribution in [0.5, 0.6) is 0 Å². The van der Waals surface area contributed by atoms with Gasteiger partial charge in [-0.1, -0.05) is 25.1 Å². The lowest BCUT2D eigenvalue weighted by atomic mass is 10.0. The van der Waals surface area contributed by atoms with Gasteiger partial charge >= 0.3 is 0 Å². The summed E-state index contributed by atoms with van der Waals surface area (Å²) in [4.78, 5) is 14.7. The topological polar surface area (TPSA) is 26.9 Å². The number of rotatable bonds is 5. The number of aromatic nitrogens is 2. The van der Waals surface area contributed by atoms with Gasteiger partial charge in [0.15, 0.2) is 0 Å². The zero-order valence-electron chi connectivity index (χ0n) is 14.9. The first-order valence-corrected chi connectivity index (χ1v) is 9.74. The van der Waals surface area contributed by atoms with Crippen molar-refractivity contribution in [2.45, 2.75) is 40.3 Å². The fourth-order valence-corrected chi connectivity index (χ4v) is 4.80. The normalized spacial score (nSPS) is 11.6. The molecular weight excluding hydrogens is 328 g/mol. The van der Waals surface area contributed by atoms with E-state index in [4.69, 9.17) is 0 Å². The van der Waals surface area contributed by atoms with Gasteiger partial charge in [0.05, 0.1) is 11.3 Å². The van der Waals surface area contributed by atoms with Crippen LogP contribution in [-0.2, 0) is 13.1 Å². The van der Waals surface area contributed by atoms with Crippen molar-refractivity contribution in [2.24, 2.45) is 0 Å². The summed E-state index contributed by atoms with van der Waals surface area (Å²) in [6.07, 6.45) is 1.05. The minimum Gasteiger partial charge on any atom is -0.344 e. The van der Waals surface area contributed by atoms with E-state index in [1.165, 1.54) is 4.83 Å². The third kappa shape index (κ3) is 2.35. The van der Waals surface area contributed by atoms with Gasteiger partial charge < -0.3 is 9.13 Å². The number of ketones is 1. The molecule has 25 heavy (non-hydrogen) atoms. The van der Waals surface area contributed by atoms with Crippen LogP contribution < -0.4 is 0 Å². The van der Waals surface area contributed by atoms with Crippen molar-refractivity contribution in [3.8, 4) is 0 Å². The maximum absolute atomic E-state index is 13.5. The molecule has 0 spiro atoms. The highest BCUT2D eigenvalue weighted by atomic mass is 32.1. The minimum atomic E-state index is 0.133. The molecule has 0 fully saturated rings. The number of hydrogen-bond donors (Lipinski definition) is 0. The van der Waals surface area contributed by atoms with Crippen molar-refractivity contribution in [1.82, 2.24) is 9.13 Å². The van der Waals surface area contributed by atoms with Gasteiger partial charge in [-0.15, -0.1) is 11.3 Å². The first-order valence-electron chi connectivity index (χ1n) is 8.86. The van der Waals surface area contributed by atoms with E-state index in [-0.39, 0.29) is 5.78 Å². The number of benzene rings is 1. The Labute approximate surface area is 151 Å². The molecule has 0 saturated carbocycles. The van der Waals surface area contributed by atoms with Crippen LogP contribution in [0.3, 0.4) is 0 Å². The molecule has 3 heterocycles. The molecule has 0 radical (unpaired) electrons. The number of carbonyl (C=O) groups is 1. The molecule has 0 aliphatic rings. The number of fused-ring (bicyclic) bond motifs is 2. The molecule has 0 amide bonds. The van der Waals surface area contributed by atoms with Crippen molar-refractivity contribution in [3.63, 3.8) is 0 Å². The quantitative estimate of drug-likeness (QED) is 0.429. The molecule has 3 nitrogen and oxygen atoms in total. The number of aryl methyl sites for hydroxylation is 2. The summed E-state index contributed by atoms with van der Waals surface area (Å²) in [6, 6.07) is 12.4. The molecule has 0 saturated heterocycles. The molecule has 1 aromatic carbocycles. The molecule has 0 unspecified atom stereocenters. The average Bonchev–Trinajstić information content (AvgIpc) is 3.27. The Morgan fingerprint density at radius 1 is 1.12 bits per heavy atom. The van der Waals surface area contributed by atoms with E-state index in [1.807, 2.05) is 18.2 Å². The van der Waals surface area contributed by atoms with Gasteiger partial charge in [0, 0.05) is 35.1 Å². The predicted octanol–water partition coefficient (Wildman–Crippen LogP) is 5.63.